The number of nitrogens with one attached hydrogen (secondary N) is 2. The van der Waals surface area contributed by atoms with Crippen LogP contribution in [0.3, 0.4) is 0 Å². The van der Waals surface area contributed by atoms with E-state index < -0.39 is 0 Å². The van der Waals surface area contributed by atoms with Gasteiger partial charge in [-0.1, -0.05) is 13.8 Å². The van der Waals surface area contributed by atoms with E-state index in [-0.39, 0.29) is 0 Å². The average Bonchev–Trinajstić information content (AvgIpc) is 2.36. The highest BCUT2D eigenvalue weighted by molar-refractivity contribution is 5.56. The van der Waals surface area contributed by atoms with Gasteiger partial charge in [-0.05, 0) is 26.2 Å². The van der Waals surface area contributed by atoms with E-state index in [9.17, 15) is 0 Å². The predicted molar refractivity (Wildman–Crippen MR) is 78.1 cm³/mol. The smallest absolute Gasteiger partial charge is 0.148 e. The molecule has 0 aliphatic rings. The third kappa shape index (κ3) is 5.40. The molecule has 6 nitrogen and oxygen atoms in total. The lowest BCUT2D eigenvalue weighted by molar-refractivity contribution is 0.132. The lowest BCUT2D eigenvalue weighted by Gasteiger charge is -2.12. The first-order valence-corrected chi connectivity index (χ1v) is 6.68. The molecule has 0 saturated heterocycles. The van der Waals surface area contributed by atoms with E-state index in [4.69, 9.17) is 10.6 Å². The summed E-state index contributed by atoms with van der Waals surface area (Å²) in [7, 11) is 0. The van der Waals surface area contributed by atoms with Crippen molar-refractivity contribution in [2.24, 2.45) is 11.8 Å². The third-order valence-electron chi connectivity index (χ3n) is 2.77. The molecule has 0 fully saturated rings. The maximum atomic E-state index is 5.55. The Morgan fingerprint density at radius 1 is 1.16 bits per heavy atom. The minimum atomic E-state index is 0.649. The van der Waals surface area contributed by atoms with Crippen molar-refractivity contribution in [1.82, 2.24) is 9.97 Å². The summed E-state index contributed by atoms with van der Waals surface area (Å²) in [5, 5.41) is 3.24. The van der Waals surface area contributed by atoms with E-state index in [2.05, 4.69) is 34.6 Å². The molecule has 0 aliphatic heterocycles. The lowest BCUT2D eigenvalue weighted by Crippen LogP contribution is -2.16. The molecular weight excluding hydrogens is 242 g/mol. The fraction of sp³-hybridized carbons (Fsp3) is 0.692. The molecule has 108 valence electrons. The molecule has 0 unspecified atom stereocenters. The van der Waals surface area contributed by atoms with Crippen molar-refractivity contribution in [1.29, 1.82) is 0 Å². The number of aromatic nitrogens is 2. The predicted octanol–water partition coefficient (Wildman–Crippen LogP) is 1.85. The molecule has 1 heterocycles. The highest BCUT2D eigenvalue weighted by Crippen LogP contribution is 2.18. The minimum absolute atomic E-state index is 0.649. The Morgan fingerprint density at radius 2 is 1.84 bits per heavy atom. The summed E-state index contributed by atoms with van der Waals surface area (Å²) in [6.07, 6.45) is 1.09. The summed E-state index contributed by atoms with van der Waals surface area (Å²) in [6, 6.07) is 0. The zero-order chi connectivity index (χ0) is 14.3. The Morgan fingerprint density at radius 3 is 2.47 bits per heavy atom. The number of anilines is 2. The summed E-state index contributed by atoms with van der Waals surface area (Å²) in [6.45, 7) is 10.3. The molecule has 1 aromatic rings. The molecule has 0 amide bonds. The topological polar surface area (TPSA) is 85.1 Å². The van der Waals surface area contributed by atoms with Crippen molar-refractivity contribution in [2.75, 3.05) is 30.5 Å². The van der Waals surface area contributed by atoms with Crippen LogP contribution in [0.4, 0.5) is 11.6 Å². The summed E-state index contributed by atoms with van der Waals surface area (Å²) < 4.78 is 5.55. The second-order valence-corrected chi connectivity index (χ2v) is 4.96. The number of hydrazine groups is 1. The Hall–Kier alpha value is -1.40. The van der Waals surface area contributed by atoms with Gasteiger partial charge in [0.15, 0.2) is 0 Å². The van der Waals surface area contributed by atoms with E-state index in [1.54, 1.807) is 0 Å². The van der Waals surface area contributed by atoms with E-state index in [1.807, 2.05) is 13.8 Å². The van der Waals surface area contributed by atoms with Gasteiger partial charge in [0.25, 0.3) is 0 Å². The monoisotopic (exact) mass is 267 g/mol. The lowest BCUT2D eigenvalue weighted by atomic mass is 10.1. The third-order valence-corrected chi connectivity index (χ3v) is 2.77. The Bertz CT molecular complexity index is 395. The van der Waals surface area contributed by atoms with Gasteiger partial charge in [0.1, 0.15) is 17.5 Å². The van der Waals surface area contributed by atoms with Gasteiger partial charge in [-0.15, -0.1) is 0 Å². The van der Waals surface area contributed by atoms with E-state index in [0.29, 0.717) is 24.2 Å². The first kappa shape index (κ1) is 15.7. The molecule has 0 aromatic carbocycles. The van der Waals surface area contributed by atoms with Crippen LogP contribution in [0.2, 0.25) is 0 Å². The van der Waals surface area contributed by atoms with Crippen molar-refractivity contribution in [3.8, 4) is 0 Å². The van der Waals surface area contributed by atoms with Gasteiger partial charge in [-0.2, -0.15) is 0 Å². The minimum Gasteiger partial charge on any atom is -0.380 e. The van der Waals surface area contributed by atoms with Crippen LogP contribution < -0.4 is 16.6 Å². The van der Waals surface area contributed by atoms with Gasteiger partial charge in [-0.25, -0.2) is 15.8 Å². The Labute approximate surface area is 115 Å². The van der Waals surface area contributed by atoms with E-state index >= 15 is 0 Å². The van der Waals surface area contributed by atoms with Gasteiger partial charge in [0.2, 0.25) is 0 Å². The molecule has 0 bridgehead atoms. The van der Waals surface area contributed by atoms with E-state index in [0.717, 1.165) is 31.0 Å². The largest absolute Gasteiger partial charge is 0.380 e. The molecule has 0 aliphatic carbocycles. The van der Waals surface area contributed by atoms with Gasteiger partial charge < -0.3 is 15.5 Å². The fourth-order valence-corrected chi connectivity index (χ4v) is 1.60. The van der Waals surface area contributed by atoms with Crippen molar-refractivity contribution >= 4 is 11.6 Å². The van der Waals surface area contributed by atoms with E-state index in [1.165, 1.54) is 0 Å². The van der Waals surface area contributed by atoms with Crippen molar-refractivity contribution in [2.45, 2.75) is 34.1 Å². The van der Waals surface area contributed by atoms with Crippen LogP contribution in [-0.4, -0.2) is 29.7 Å². The number of nitrogens with zero attached hydrogens (tertiary/aromatic N) is 2. The van der Waals surface area contributed by atoms with Crippen LogP contribution in [0.25, 0.3) is 0 Å². The van der Waals surface area contributed by atoms with Crippen LogP contribution in [-0.2, 0) is 4.74 Å². The summed E-state index contributed by atoms with van der Waals surface area (Å²) in [5.41, 5.74) is 3.49. The van der Waals surface area contributed by atoms with Gasteiger partial charge >= 0.3 is 0 Å². The first-order valence-electron chi connectivity index (χ1n) is 6.68. The molecular formula is C13H25N5O. The van der Waals surface area contributed by atoms with Gasteiger partial charge in [-0.3, -0.25) is 0 Å². The second kappa shape index (κ2) is 7.91. The number of nitrogens with two attached hydrogens (primary N) is 1. The standard InChI is InChI=1S/C13H25N5O/c1-9(2)5-7-19-8-6-15-12-10(3)13(18-14)17-11(4)16-12/h9H,5-8,14H2,1-4H3,(H2,15,16,17,18). The molecule has 0 spiro atoms. The average molecular weight is 267 g/mol. The maximum absolute atomic E-state index is 5.55. The molecule has 0 atom stereocenters. The molecule has 1 aromatic heterocycles. The molecule has 1 rings (SSSR count). The van der Waals surface area contributed by atoms with Crippen LogP contribution in [0.1, 0.15) is 31.7 Å². The van der Waals surface area contributed by atoms with Gasteiger partial charge in [0.05, 0.1) is 6.61 Å². The molecule has 0 radical (unpaired) electrons. The first-order chi connectivity index (χ1) is 9.04. The summed E-state index contributed by atoms with van der Waals surface area (Å²) >= 11 is 0. The van der Waals surface area contributed by atoms with Crippen LogP contribution in [0, 0.1) is 19.8 Å². The molecule has 19 heavy (non-hydrogen) atoms. The quantitative estimate of drug-likeness (QED) is 0.379. The van der Waals surface area contributed by atoms with Gasteiger partial charge in [0, 0.05) is 18.7 Å². The van der Waals surface area contributed by atoms with Crippen molar-refractivity contribution in [3.05, 3.63) is 11.4 Å². The SMILES string of the molecule is Cc1nc(NN)c(C)c(NCCOCCC(C)C)n1. The number of hydrogen-bond acceptors (Lipinski definition) is 6. The maximum Gasteiger partial charge on any atom is 0.148 e. The van der Waals surface area contributed by atoms with Crippen LogP contribution in [0.5, 0.6) is 0 Å². The van der Waals surface area contributed by atoms with Crippen molar-refractivity contribution in [3.63, 3.8) is 0 Å². The molecule has 4 N–H and O–H groups in total. The zero-order valence-electron chi connectivity index (χ0n) is 12.3. The highest BCUT2D eigenvalue weighted by Gasteiger charge is 2.07. The Kier molecular flexibility index (Phi) is 6.52. The number of aryl methyl sites for hydroxylation is 1. The number of ether oxygens (including phenoxy) is 1. The zero-order valence-corrected chi connectivity index (χ0v) is 12.3. The number of nitrogen functional groups attached to an aromatic ring is 1. The van der Waals surface area contributed by atoms with Crippen molar-refractivity contribution < 1.29 is 4.74 Å². The highest BCUT2D eigenvalue weighted by atomic mass is 16.5. The Balaban J connectivity index is 2.39. The number of rotatable bonds is 8. The normalized spacial score (nSPS) is 10.8. The second-order valence-electron chi connectivity index (χ2n) is 4.96. The molecule has 6 heteroatoms. The van der Waals surface area contributed by atoms with Crippen LogP contribution in [0.15, 0.2) is 0 Å². The fourth-order valence-electron chi connectivity index (χ4n) is 1.60. The summed E-state index contributed by atoms with van der Waals surface area (Å²) in [4.78, 5) is 8.56. The molecule has 0 saturated carbocycles. The number of hydrogen-bond donors (Lipinski definition) is 3. The summed E-state index contributed by atoms with van der Waals surface area (Å²) in [5.74, 6) is 8.23. The van der Waals surface area contributed by atoms with Crippen LogP contribution >= 0.6 is 0 Å².